The zero-order valence-electron chi connectivity index (χ0n) is 29.3. The van der Waals surface area contributed by atoms with E-state index in [1.54, 1.807) is 48.5 Å². The second-order valence-electron chi connectivity index (χ2n) is 15.5. The summed E-state index contributed by atoms with van der Waals surface area (Å²) in [6, 6.07) is 0. The van der Waals surface area contributed by atoms with E-state index in [4.69, 9.17) is 18.7 Å². The number of hydrogen-bond donors (Lipinski definition) is 0. The molecule has 2 fully saturated rings. The van der Waals surface area contributed by atoms with Gasteiger partial charge in [-0.25, -0.2) is 14.5 Å². The maximum Gasteiger partial charge on any atom is 0.419 e. The van der Waals surface area contributed by atoms with Crippen LogP contribution in [0.4, 0.5) is 9.59 Å². The highest BCUT2D eigenvalue weighted by Gasteiger charge is 2.59. The molecule has 1 saturated heterocycles. The Hall–Kier alpha value is -1.64. The second kappa shape index (κ2) is 15.8. The first-order chi connectivity index (χ1) is 20.2. The van der Waals surface area contributed by atoms with Crippen LogP contribution in [0.2, 0.25) is 0 Å². The lowest BCUT2D eigenvalue weighted by molar-refractivity contribution is -0.160. The van der Waals surface area contributed by atoms with Gasteiger partial charge in [0.25, 0.3) is 0 Å². The van der Waals surface area contributed by atoms with Crippen molar-refractivity contribution in [3.63, 3.8) is 0 Å². The van der Waals surface area contributed by atoms with Gasteiger partial charge in [-0.2, -0.15) is 0 Å². The van der Waals surface area contributed by atoms with E-state index in [9.17, 15) is 18.9 Å². The molecule has 11 heteroatoms. The molecule has 44 heavy (non-hydrogen) atoms. The van der Waals surface area contributed by atoms with Gasteiger partial charge >= 0.3 is 18.2 Å². The summed E-state index contributed by atoms with van der Waals surface area (Å²) in [6.07, 6.45) is 7.12. The van der Waals surface area contributed by atoms with Crippen LogP contribution in [0.15, 0.2) is 0 Å². The van der Waals surface area contributed by atoms with E-state index in [2.05, 4.69) is 4.90 Å². The standard InChI is InChI=1S/C33H61N2O8P/c1-11-40-44(39)24-23-34(22-19-26-17-13-12-14-18-26)25-33(44,27(36)41-30(2,3)4)20-15-16-21-35(28(37)42-31(5,6)7)29(38)43-32(8,9)10/h26H,11-25H2,1-10H3. The molecular weight excluding hydrogens is 583 g/mol. The third-order valence-corrected chi connectivity index (χ3v) is 11.3. The van der Waals surface area contributed by atoms with Crippen LogP contribution in [-0.4, -0.2) is 88.9 Å². The quantitative estimate of drug-likeness (QED) is 0.0955. The smallest absolute Gasteiger partial charge is 0.419 e. The van der Waals surface area contributed by atoms with Crippen LogP contribution in [0.3, 0.4) is 0 Å². The largest absolute Gasteiger partial charge is 0.459 e. The number of amides is 2. The summed E-state index contributed by atoms with van der Waals surface area (Å²) in [7, 11) is -3.46. The Kier molecular flexibility index (Phi) is 13.8. The second-order valence-corrected chi connectivity index (χ2v) is 18.4. The van der Waals surface area contributed by atoms with Crippen molar-refractivity contribution in [1.29, 1.82) is 0 Å². The minimum atomic E-state index is -3.46. The molecule has 0 spiro atoms. The summed E-state index contributed by atoms with van der Waals surface area (Å²) in [4.78, 5) is 43.3. The van der Waals surface area contributed by atoms with Crippen molar-refractivity contribution >= 4 is 25.5 Å². The molecule has 2 aliphatic rings. The van der Waals surface area contributed by atoms with Crippen LogP contribution < -0.4 is 0 Å². The van der Waals surface area contributed by atoms with Gasteiger partial charge in [0.15, 0.2) is 5.16 Å². The van der Waals surface area contributed by atoms with E-state index in [1.807, 2.05) is 20.8 Å². The highest BCUT2D eigenvalue weighted by atomic mass is 31.2. The Bertz CT molecular complexity index is 979. The highest BCUT2D eigenvalue weighted by Crippen LogP contribution is 2.64. The number of unbranched alkanes of at least 4 members (excludes halogenated alkanes) is 1. The SMILES string of the molecule is CCOP1(=O)CCN(CCC2CCCCC2)CC1(CCCCN(C(=O)OC(C)(C)C)C(=O)OC(C)(C)C)C(=O)OC(C)(C)C. The van der Waals surface area contributed by atoms with Gasteiger partial charge in [0.2, 0.25) is 7.37 Å². The summed E-state index contributed by atoms with van der Waals surface area (Å²) in [6.45, 7) is 19.6. The number of esters is 1. The van der Waals surface area contributed by atoms with Crippen molar-refractivity contribution in [2.45, 2.75) is 149 Å². The Morgan fingerprint density at radius 2 is 1.39 bits per heavy atom. The Balaban J connectivity index is 2.30. The molecule has 2 rings (SSSR count). The van der Waals surface area contributed by atoms with Gasteiger partial charge in [-0.1, -0.05) is 32.1 Å². The van der Waals surface area contributed by atoms with Gasteiger partial charge in [0.1, 0.15) is 16.8 Å². The van der Waals surface area contributed by atoms with Crippen molar-refractivity contribution in [1.82, 2.24) is 9.80 Å². The molecule has 0 aromatic carbocycles. The lowest BCUT2D eigenvalue weighted by Crippen LogP contribution is -2.56. The van der Waals surface area contributed by atoms with E-state index in [-0.39, 0.29) is 25.7 Å². The number of imide groups is 1. The molecule has 2 atom stereocenters. The number of ether oxygens (including phenoxy) is 3. The van der Waals surface area contributed by atoms with Crippen molar-refractivity contribution < 1.29 is 37.7 Å². The Morgan fingerprint density at radius 3 is 1.89 bits per heavy atom. The number of hydrogen-bond acceptors (Lipinski definition) is 9. The average molecular weight is 645 g/mol. The normalized spacial score (nSPS) is 24.0. The maximum absolute atomic E-state index is 14.6. The molecule has 1 heterocycles. The number of carbonyl (C=O) groups is 3. The van der Waals surface area contributed by atoms with Gasteiger partial charge < -0.3 is 23.6 Å². The fraction of sp³-hybridized carbons (Fsp3) is 0.909. The van der Waals surface area contributed by atoms with Crippen molar-refractivity contribution in [2.75, 3.05) is 38.9 Å². The van der Waals surface area contributed by atoms with Gasteiger partial charge in [0.05, 0.1) is 6.61 Å². The molecule has 1 aliphatic carbocycles. The maximum atomic E-state index is 14.6. The minimum Gasteiger partial charge on any atom is -0.459 e. The van der Waals surface area contributed by atoms with E-state index in [0.717, 1.165) is 17.9 Å². The van der Waals surface area contributed by atoms with Crippen molar-refractivity contribution in [3.8, 4) is 0 Å². The predicted octanol–water partition coefficient (Wildman–Crippen LogP) is 8.01. The predicted molar refractivity (Wildman–Crippen MR) is 173 cm³/mol. The van der Waals surface area contributed by atoms with E-state index < -0.39 is 47.5 Å². The molecule has 0 N–H and O–H groups in total. The molecule has 2 amide bonds. The lowest BCUT2D eigenvalue weighted by atomic mass is 9.87. The van der Waals surface area contributed by atoms with Crippen LogP contribution >= 0.6 is 7.37 Å². The van der Waals surface area contributed by atoms with Gasteiger partial charge in [0, 0.05) is 25.8 Å². The zero-order valence-corrected chi connectivity index (χ0v) is 30.2. The molecule has 0 bridgehead atoms. The average Bonchev–Trinajstić information content (AvgIpc) is 2.86. The highest BCUT2D eigenvalue weighted by molar-refractivity contribution is 7.62. The van der Waals surface area contributed by atoms with Crippen molar-refractivity contribution in [2.24, 2.45) is 5.92 Å². The fourth-order valence-corrected chi connectivity index (χ4v) is 8.98. The zero-order chi connectivity index (χ0) is 33.4. The fourth-order valence-electron chi connectivity index (χ4n) is 5.98. The van der Waals surface area contributed by atoms with Crippen LogP contribution in [0.5, 0.6) is 0 Å². The molecule has 1 saturated carbocycles. The summed E-state index contributed by atoms with van der Waals surface area (Å²) < 4.78 is 37.6. The molecule has 256 valence electrons. The Morgan fingerprint density at radius 1 is 0.841 bits per heavy atom. The molecule has 1 aliphatic heterocycles. The summed E-state index contributed by atoms with van der Waals surface area (Å²) in [5.74, 6) is 0.187. The van der Waals surface area contributed by atoms with E-state index in [0.29, 0.717) is 31.8 Å². The van der Waals surface area contributed by atoms with Gasteiger partial charge in [-0.3, -0.25) is 9.36 Å². The lowest BCUT2D eigenvalue weighted by Gasteiger charge is -2.46. The summed E-state index contributed by atoms with van der Waals surface area (Å²) in [5, 5.41) is -1.34. The van der Waals surface area contributed by atoms with Gasteiger partial charge in [-0.15, -0.1) is 0 Å². The van der Waals surface area contributed by atoms with Crippen LogP contribution in [0, 0.1) is 5.92 Å². The van der Waals surface area contributed by atoms with Gasteiger partial charge in [-0.05, 0) is 107 Å². The minimum absolute atomic E-state index is 0.0263. The first-order valence-electron chi connectivity index (χ1n) is 16.6. The van der Waals surface area contributed by atoms with Crippen molar-refractivity contribution in [3.05, 3.63) is 0 Å². The topological polar surface area (TPSA) is 112 Å². The summed E-state index contributed by atoms with van der Waals surface area (Å²) >= 11 is 0. The third-order valence-electron chi connectivity index (χ3n) is 7.99. The van der Waals surface area contributed by atoms with E-state index in [1.165, 1.54) is 32.1 Å². The molecule has 0 aromatic rings. The molecule has 2 unspecified atom stereocenters. The molecule has 10 nitrogen and oxygen atoms in total. The van der Waals surface area contributed by atoms with E-state index >= 15 is 0 Å². The number of nitrogens with zero attached hydrogens (tertiary/aromatic N) is 2. The monoisotopic (exact) mass is 644 g/mol. The first-order valence-corrected chi connectivity index (χ1v) is 18.4. The van der Waals surface area contributed by atoms with Crippen LogP contribution in [0.25, 0.3) is 0 Å². The van der Waals surface area contributed by atoms with Crippen LogP contribution in [0.1, 0.15) is 127 Å². The first kappa shape index (κ1) is 38.5. The third kappa shape index (κ3) is 11.9. The summed E-state index contributed by atoms with van der Waals surface area (Å²) in [5.41, 5.74) is -2.37. The number of carbonyl (C=O) groups excluding carboxylic acids is 3. The Labute approximate surface area is 266 Å². The number of rotatable bonds is 11. The molecular formula is C33H61N2O8P. The molecule has 0 radical (unpaired) electrons. The molecule has 0 aromatic heterocycles. The van der Waals surface area contributed by atoms with Crippen LogP contribution in [-0.2, 0) is 28.1 Å².